The minimum atomic E-state index is -0.312. The van der Waals surface area contributed by atoms with Crippen molar-refractivity contribution in [2.24, 2.45) is 0 Å². The Balaban J connectivity index is 1.77. The van der Waals surface area contributed by atoms with Crippen LogP contribution < -0.4 is 10.6 Å². The molecule has 5 nitrogen and oxygen atoms in total. The molecule has 0 aliphatic heterocycles. The summed E-state index contributed by atoms with van der Waals surface area (Å²) in [5.41, 5.74) is 2.73. The lowest BCUT2D eigenvalue weighted by Gasteiger charge is -2.15. The quantitative estimate of drug-likeness (QED) is 0.676. The van der Waals surface area contributed by atoms with Crippen molar-refractivity contribution in [3.8, 4) is 0 Å². The molecule has 0 aliphatic rings. The number of nitrogens with one attached hydrogen (secondary N) is 2. The standard InChI is InChI=1S/C20H19ClN4O/c1-13-11-18(19(26)24-17-10-6-9-16(21)12-17)25-20(22-13)23-14(2)15-7-4-3-5-8-15/h3-12,14H,1-2H3,(H,24,26)(H,22,23,25). The van der Waals surface area contributed by atoms with Gasteiger partial charge in [-0.25, -0.2) is 9.97 Å². The van der Waals surface area contributed by atoms with Crippen molar-refractivity contribution in [3.05, 3.63) is 82.6 Å². The highest BCUT2D eigenvalue weighted by Crippen LogP contribution is 2.18. The van der Waals surface area contributed by atoms with Gasteiger partial charge < -0.3 is 10.6 Å². The Bertz CT molecular complexity index is 915. The van der Waals surface area contributed by atoms with Gasteiger partial charge in [-0.1, -0.05) is 48.0 Å². The van der Waals surface area contributed by atoms with Gasteiger partial charge in [-0.3, -0.25) is 4.79 Å². The highest BCUT2D eigenvalue weighted by atomic mass is 35.5. The van der Waals surface area contributed by atoms with Crippen LogP contribution in [0.15, 0.2) is 60.7 Å². The number of carbonyl (C=O) groups is 1. The largest absolute Gasteiger partial charge is 0.348 e. The summed E-state index contributed by atoms with van der Waals surface area (Å²) in [5, 5.41) is 6.60. The molecule has 1 unspecified atom stereocenters. The molecule has 26 heavy (non-hydrogen) atoms. The maximum Gasteiger partial charge on any atom is 0.274 e. The van der Waals surface area contributed by atoms with Crippen molar-refractivity contribution >= 4 is 29.1 Å². The third kappa shape index (κ3) is 4.58. The predicted molar refractivity (Wildman–Crippen MR) is 105 cm³/mol. The average Bonchev–Trinajstić information content (AvgIpc) is 2.62. The lowest BCUT2D eigenvalue weighted by atomic mass is 10.1. The predicted octanol–water partition coefficient (Wildman–Crippen LogP) is 4.86. The second kappa shape index (κ2) is 7.97. The van der Waals surface area contributed by atoms with Crippen molar-refractivity contribution in [2.45, 2.75) is 19.9 Å². The topological polar surface area (TPSA) is 66.9 Å². The molecular formula is C20H19ClN4O. The molecule has 0 bridgehead atoms. The summed E-state index contributed by atoms with van der Waals surface area (Å²) in [6, 6.07) is 18.6. The van der Waals surface area contributed by atoms with Gasteiger partial charge in [-0.15, -0.1) is 0 Å². The molecule has 3 rings (SSSR count). The highest BCUT2D eigenvalue weighted by Gasteiger charge is 2.13. The third-order valence-electron chi connectivity index (χ3n) is 3.81. The first-order valence-corrected chi connectivity index (χ1v) is 8.63. The number of rotatable bonds is 5. The van der Waals surface area contributed by atoms with Gasteiger partial charge >= 0.3 is 0 Å². The van der Waals surface area contributed by atoms with Crippen LogP contribution in [0.1, 0.15) is 34.7 Å². The molecule has 1 heterocycles. The van der Waals surface area contributed by atoms with Gasteiger partial charge in [0, 0.05) is 16.4 Å². The van der Waals surface area contributed by atoms with Crippen LogP contribution in [0.25, 0.3) is 0 Å². The molecule has 6 heteroatoms. The van der Waals surface area contributed by atoms with E-state index in [2.05, 4.69) is 20.6 Å². The fourth-order valence-corrected chi connectivity index (χ4v) is 2.72. The number of hydrogen-bond acceptors (Lipinski definition) is 4. The normalized spacial score (nSPS) is 11.7. The van der Waals surface area contributed by atoms with Crippen LogP contribution >= 0.6 is 11.6 Å². The van der Waals surface area contributed by atoms with Gasteiger partial charge in [0.1, 0.15) is 5.69 Å². The van der Waals surface area contributed by atoms with E-state index in [1.54, 1.807) is 30.3 Å². The van der Waals surface area contributed by atoms with Gasteiger partial charge in [0.2, 0.25) is 5.95 Å². The Kier molecular flexibility index (Phi) is 5.49. The van der Waals surface area contributed by atoms with E-state index in [0.29, 0.717) is 28.0 Å². The molecule has 0 spiro atoms. The van der Waals surface area contributed by atoms with Crippen LogP contribution in [0.5, 0.6) is 0 Å². The van der Waals surface area contributed by atoms with E-state index >= 15 is 0 Å². The Hall–Kier alpha value is -2.92. The van der Waals surface area contributed by atoms with Crippen LogP contribution in [0, 0.1) is 6.92 Å². The monoisotopic (exact) mass is 366 g/mol. The summed E-state index contributed by atoms with van der Waals surface area (Å²) in [5.74, 6) is 0.103. The Morgan fingerprint density at radius 3 is 2.54 bits per heavy atom. The van der Waals surface area contributed by atoms with Crippen molar-refractivity contribution in [3.63, 3.8) is 0 Å². The average molecular weight is 367 g/mol. The fraction of sp³-hybridized carbons (Fsp3) is 0.150. The summed E-state index contributed by atoms with van der Waals surface area (Å²) < 4.78 is 0. The lowest BCUT2D eigenvalue weighted by molar-refractivity contribution is 0.102. The number of benzene rings is 2. The van der Waals surface area contributed by atoms with Crippen LogP contribution in [0.2, 0.25) is 5.02 Å². The van der Waals surface area contributed by atoms with Gasteiger partial charge in [0.15, 0.2) is 0 Å². The molecule has 1 amide bonds. The van der Waals surface area contributed by atoms with E-state index in [9.17, 15) is 4.79 Å². The summed E-state index contributed by atoms with van der Waals surface area (Å²) in [6.07, 6.45) is 0. The summed E-state index contributed by atoms with van der Waals surface area (Å²) in [6.45, 7) is 3.85. The van der Waals surface area contributed by atoms with Crippen molar-refractivity contribution in [1.82, 2.24) is 9.97 Å². The van der Waals surface area contributed by atoms with Crippen LogP contribution in [0.3, 0.4) is 0 Å². The van der Waals surface area contributed by atoms with E-state index in [0.717, 1.165) is 5.56 Å². The van der Waals surface area contributed by atoms with E-state index in [-0.39, 0.29) is 11.9 Å². The van der Waals surface area contributed by atoms with E-state index in [1.165, 1.54) is 0 Å². The van der Waals surface area contributed by atoms with Crippen molar-refractivity contribution < 1.29 is 4.79 Å². The molecule has 132 valence electrons. The number of carbonyl (C=O) groups excluding carboxylic acids is 1. The number of aryl methyl sites for hydroxylation is 1. The van der Waals surface area contributed by atoms with E-state index in [4.69, 9.17) is 11.6 Å². The highest BCUT2D eigenvalue weighted by molar-refractivity contribution is 6.30. The Morgan fingerprint density at radius 2 is 1.81 bits per heavy atom. The zero-order chi connectivity index (χ0) is 18.5. The SMILES string of the molecule is Cc1cc(C(=O)Nc2cccc(Cl)c2)nc(NC(C)c2ccccc2)n1. The molecule has 0 saturated heterocycles. The second-order valence-corrected chi connectivity index (χ2v) is 6.40. The van der Waals surface area contributed by atoms with Crippen LogP contribution in [0.4, 0.5) is 11.6 Å². The summed E-state index contributed by atoms with van der Waals surface area (Å²) >= 11 is 5.95. The third-order valence-corrected chi connectivity index (χ3v) is 4.05. The molecule has 1 aromatic heterocycles. The molecule has 0 fully saturated rings. The first-order valence-electron chi connectivity index (χ1n) is 8.25. The summed E-state index contributed by atoms with van der Waals surface area (Å²) in [4.78, 5) is 21.2. The number of aromatic nitrogens is 2. The number of anilines is 2. The minimum Gasteiger partial charge on any atom is -0.348 e. The molecule has 3 aromatic rings. The Morgan fingerprint density at radius 1 is 1.04 bits per heavy atom. The zero-order valence-corrected chi connectivity index (χ0v) is 15.3. The molecular weight excluding hydrogens is 348 g/mol. The fourth-order valence-electron chi connectivity index (χ4n) is 2.53. The number of halogens is 1. The van der Waals surface area contributed by atoms with Gasteiger partial charge in [0.25, 0.3) is 5.91 Å². The summed E-state index contributed by atoms with van der Waals surface area (Å²) in [7, 11) is 0. The van der Waals surface area contributed by atoms with Gasteiger partial charge in [0.05, 0.1) is 6.04 Å². The maximum absolute atomic E-state index is 12.5. The molecule has 2 N–H and O–H groups in total. The zero-order valence-electron chi connectivity index (χ0n) is 14.5. The van der Waals surface area contributed by atoms with Gasteiger partial charge in [-0.05, 0) is 43.7 Å². The first kappa shape index (κ1) is 17.9. The molecule has 0 saturated carbocycles. The minimum absolute atomic E-state index is 0.0156. The smallest absolute Gasteiger partial charge is 0.274 e. The van der Waals surface area contributed by atoms with Crippen LogP contribution in [-0.2, 0) is 0 Å². The number of nitrogens with zero attached hydrogens (tertiary/aromatic N) is 2. The Labute approximate surface area is 157 Å². The molecule has 2 aromatic carbocycles. The van der Waals surface area contributed by atoms with E-state index < -0.39 is 0 Å². The van der Waals surface area contributed by atoms with E-state index in [1.807, 2.05) is 44.2 Å². The maximum atomic E-state index is 12.5. The molecule has 1 atom stereocenters. The van der Waals surface area contributed by atoms with Crippen molar-refractivity contribution in [2.75, 3.05) is 10.6 Å². The lowest BCUT2D eigenvalue weighted by Crippen LogP contribution is -2.17. The first-order chi connectivity index (χ1) is 12.5. The van der Waals surface area contributed by atoms with Crippen LogP contribution in [-0.4, -0.2) is 15.9 Å². The second-order valence-electron chi connectivity index (χ2n) is 5.96. The number of hydrogen-bond donors (Lipinski definition) is 2. The molecule has 0 radical (unpaired) electrons. The van der Waals surface area contributed by atoms with Crippen molar-refractivity contribution in [1.29, 1.82) is 0 Å². The molecule has 0 aliphatic carbocycles. The van der Waals surface area contributed by atoms with Gasteiger partial charge in [-0.2, -0.15) is 0 Å². The number of amides is 1.